The minimum atomic E-state index is 0.538. The van der Waals surface area contributed by atoms with Crippen LogP contribution in [0.15, 0.2) is 18.7 Å². The first-order chi connectivity index (χ1) is 10.1. The molecule has 2 aromatic rings. The topological polar surface area (TPSA) is 71.8 Å². The first-order valence-corrected chi connectivity index (χ1v) is 7.29. The number of rotatable bonds is 7. The fraction of sp³-hybridized carbons (Fsp3) is 0.571. The van der Waals surface area contributed by atoms with Crippen molar-refractivity contribution in [1.29, 1.82) is 0 Å². The number of aromatic nitrogens is 5. The molecule has 0 radical (unpaired) electrons. The van der Waals surface area contributed by atoms with Gasteiger partial charge >= 0.3 is 0 Å². The Balaban J connectivity index is 2.32. The van der Waals surface area contributed by atoms with E-state index in [2.05, 4.69) is 46.0 Å². The van der Waals surface area contributed by atoms with Gasteiger partial charge in [0.2, 0.25) is 17.8 Å². The third-order valence-corrected chi connectivity index (χ3v) is 2.86. The third-order valence-electron chi connectivity index (χ3n) is 2.86. The second-order valence-corrected chi connectivity index (χ2v) is 5.43. The van der Waals surface area contributed by atoms with E-state index < -0.39 is 0 Å². The minimum absolute atomic E-state index is 0.538. The summed E-state index contributed by atoms with van der Waals surface area (Å²) in [7, 11) is 2.00. The molecule has 2 aromatic heterocycles. The maximum absolute atomic E-state index is 4.52. The Bertz CT molecular complexity index is 550. The molecule has 21 heavy (non-hydrogen) atoms. The van der Waals surface area contributed by atoms with Crippen LogP contribution in [0.25, 0.3) is 5.95 Å². The van der Waals surface area contributed by atoms with Crippen molar-refractivity contribution in [2.45, 2.75) is 27.2 Å². The molecule has 2 rings (SSSR count). The fourth-order valence-corrected chi connectivity index (χ4v) is 1.96. The number of nitrogens with one attached hydrogen (secondary N) is 1. The highest BCUT2D eigenvalue weighted by Gasteiger charge is 2.12. The summed E-state index contributed by atoms with van der Waals surface area (Å²) in [6.07, 6.45) is 6.24. The molecular weight excluding hydrogens is 266 g/mol. The smallest absolute Gasteiger partial charge is 0.241 e. The van der Waals surface area contributed by atoms with Gasteiger partial charge in [-0.05, 0) is 12.3 Å². The van der Waals surface area contributed by atoms with Crippen molar-refractivity contribution in [3.05, 3.63) is 18.7 Å². The van der Waals surface area contributed by atoms with Crippen LogP contribution in [0.4, 0.5) is 11.9 Å². The van der Waals surface area contributed by atoms with Crippen molar-refractivity contribution >= 4 is 11.9 Å². The summed E-state index contributed by atoms with van der Waals surface area (Å²) >= 11 is 0. The third kappa shape index (κ3) is 4.14. The molecule has 0 aliphatic rings. The van der Waals surface area contributed by atoms with Gasteiger partial charge < -0.3 is 10.2 Å². The highest BCUT2D eigenvalue weighted by molar-refractivity contribution is 5.39. The van der Waals surface area contributed by atoms with E-state index in [1.807, 2.05) is 18.1 Å². The zero-order valence-electron chi connectivity index (χ0n) is 13.1. The lowest BCUT2D eigenvalue weighted by atomic mass is 10.2. The van der Waals surface area contributed by atoms with E-state index in [4.69, 9.17) is 0 Å². The summed E-state index contributed by atoms with van der Waals surface area (Å²) in [4.78, 5) is 19.5. The molecule has 0 atom stereocenters. The van der Waals surface area contributed by atoms with Gasteiger partial charge in [0.25, 0.3) is 0 Å². The van der Waals surface area contributed by atoms with Gasteiger partial charge in [-0.25, -0.2) is 4.98 Å². The second kappa shape index (κ2) is 7.01. The normalized spacial score (nSPS) is 10.9. The van der Waals surface area contributed by atoms with Crippen molar-refractivity contribution in [3.63, 3.8) is 0 Å². The van der Waals surface area contributed by atoms with Gasteiger partial charge in [-0.3, -0.25) is 4.57 Å². The molecule has 1 N–H and O–H groups in total. The van der Waals surface area contributed by atoms with E-state index >= 15 is 0 Å². The quantitative estimate of drug-likeness (QED) is 0.840. The lowest BCUT2D eigenvalue weighted by molar-refractivity contribution is 0.628. The maximum atomic E-state index is 4.52. The standard InChI is InChI=1S/C14H23N7/c1-5-6-16-12-17-13(20(4)9-11(2)3)19-14(18-12)21-8-7-15-10-21/h7-8,10-11H,5-6,9H2,1-4H3,(H,16,17,18,19). The highest BCUT2D eigenvalue weighted by Crippen LogP contribution is 2.13. The molecule has 0 saturated carbocycles. The lowest BCUT2D eigenvalue weighted by Crippen LogP contribution is -2.26. The number of hydrogen-bond donors (Lipinski definition) is 1. The average Bonchev–Trinajstić information content (AvgIpc) is 2.98. The number of hydrogen-bond acceptors (Lipinski definition) is 6. The molecule has 0 spiro atoms. The maximum Gasteiger partial charge on any atom is 0.241 e. The van der Waals surface area contributed by atoms with Gasteiger partial charge in [0.05, 0.1) is 0 Å². The highest BCUT2D eigenvalue weighted by atomic mass is 15.3. The van der Waals surface area contributed by atoms with Crippen LogP contribution in [0.2, 0.25) is 0 Å². The fourth-order valence-electron chi connectivity index (χ4n) is 1.96. The van der Waals surface area contributed by atoms with Gasteiger partial charge in [-0.15, -0.1) is 0 Å². The molecule has 0 aliphatic carbocycles. The van der Waals surface area contributed by atoms with E-state index in [-0.39, 0.29) is 0 Å². The first kappa shape index (κ1) is 15.2. The monoisotopic (exact) mass is 289 g/mol. The molecule has 0 fully saturated rings. The molecule has 7 heteroatoms. The van der Waals surface area contributed by atoms with Crippen LogP contribution in [-0.2, 0) is 0 Å². The Hall–Kier alpha value is -2.18. The van der Waals surface area contributed by atoms with Crippen LogP contribution in [-0.4, -0.2) is 44.6 Å². The predicted molar refractivity (Wildman–Crippen MR) is 83.8 cm³/mol. The molecule has 2 heterocycles. The SMILES string of the molecule is CCCNc1nc(N(C)CC(C)C)nc(-n2ccnc2)n1. The van der Waals surface area contributed by atoms with Crippen molar-refractivity contribution < 1.29 is 0 Å². The Labute approximate surface area is 125 Å². The van der Waals surface area contributed by atoms with Crippen LogP contribution in [0.1, 0.15) is 27.2 Å². The Morgan fingerprint density at radius 3 is 2.71 bits per heavy atom. The molecule has 0 aromatic carbocycles. The van der Waals surface area contributed by atoms with E-state index in [0.717, 1.165) is 19.5 Å². The van der Waals surface area contributed by atoms with Crippen LogP contribution in [0, 0.1) is 5.92 Å². The van der Waals surface area contributed by atoms with Gasteiger partial charge in [-0.1, -0.05) is 20.8 Å². The van der Waals surface area contributed by atoms with Crippen molar-refractivity contribution in [2.24, 2.45) is 5.92 Å². The van der Waals surface area contributed by atoms with E-state index in [9.17, 15) is 0 Å². The summed E-state index contributed by atoms with van der Waals surface area (Å²) in [5.41, 5.74) is 0. The molecule has 0 aliphatic heterocycles. The van der Waals surface area contributed by atoms with Gasteiger partial charge in [-0.2, -0.15) is 15.0 Å². The zero-order valence-corrected chi connectivity index (χ0v) is 13.1. The van der Waals surface area contributed by atoms with Crippen LogP contribution in [0.3, 0.4) is 0 Å². The van der Waals surface area contributed by atoms with Gasteiger partial charge in [0, 0.05) is 32.5 Å². The molecule has 7 nitrogen and oxygen atoms in total. The summed E-state index contributed by atoms with van der Waals surface area (Å²) in [5.74, 6) is 2.38. The van der Waals surface area contributed by atoms with Crippen molar-refractivity contribution in [1.82, 2.24) is 24.5 Å². The largest absolute Gasteiger partial charge is 0.354 e. The molecule has 114 valence electrons. The average molecular weight is 289 g/mol. The van der Waals surface area contributed by atoms with Crippen LogP contribution < -0.4 is 10.2 Å². The number of nitrogens with zero attached hydrogens (tertiary/aromatic N) is 6. The Kier molecular flexibility index (Phi) is 5.08. The molecule has 0 bridgehead atoms. The Morgan fingerprint density at radius 2 is 2.10 bits per heavy atom. The molecule has 0 unspecified atom stereocenters. The molecular formula is C14H23N7. The molecule has 0 amide bonds. The first-order valence-electron chi connectivity index (χ1n) is 7.29. The van der Waals surface area contributed by atoms with E-state index in [1.54, 1.807) is 17.1 Å². The number of imidazole rings is 1. The predicted octanol–water partition coefficient (Wildman–Crippen LogP) is 1.97. The summed E-state index contributed by atoms with van der Waals surface area (Å²) in [6.45, 7) is 8.17. The van der Waals surface area contributed by atoms with Crippen molar-refractivity contribution in [3.8, 4) is 5.95 Å². The van der Waals surface area contributed by atoms with Crippen LogP contribution >= 0.6 is 0 Å². The summed E-state index contributed by atoms with van der Waals surface area (Å²) in [6, 6.07) is 0. The second-order valence-electron chi connectivity index (χ2n) is 5.43. The Morgan fingerprint density at radius 1 is 1.29 bits per heavy atom. The van der Waals surface area contributed by atoms with E-state index in [1.165, 1.54) is 0 Å². The van der Waals surface area contributed by atoms with Crippen molar-refractivity contribution in [2.75, 3.05) is 30.4 Å². The minimum Gasteiger partial charge on any atom is -0.354 e. The van der Waals surface area contributed by atoms with E-state index in [0.29, 0.717) is 23.8 Å². The summed E-state index contributed by atoms with van der Waals surface area (Å²) < 4.78 is 1.78. The van der Waals surface area contributed by atoms with Crippen LogP contribution in [0.5, 0.6) is 0 Å². The molecule has 0 saturated heterocycles. The number of anilines is 2. The zero-order chi connectivity index (χ0) is 15.2. The van der Waals surface area contributed by atoms with Gasteiger partial charge in [0.1, 0.15) is 6.33 Å². The van der Waals surface area contributed by atoms with Gasteiger partial charge in [0.15, 0.2) is 0 Å². The lowest BCUT2D eigenvalue weighted by Gasteiger charge is -2.20. The summed E-state index contributed by atoms with van der Waals surface area (Å²) in [5, 5.41) is 3.22.